The van der Waals surface area contributed by atoms with Gasteiger partial charge >= 0.3 is 6.09 Å². The van der Waals surface area contributed by atoms with Gasteiger partial charge in [-0.1, -0.05) is 46.7 Å². The van der Waals surface area contributed by atoms with Gasteiger partial charge < -0.3 is 20.6 Å². The quantitative estimate of drug-likeness (QED) is 0.637. The zero-order chi connectivity index (χ0) is 20.5. The van der Waals surface area contributed by atoms with Gasteiger partial charge in [0.05, 0.1) is 14.9 Å². The number of aromatic nitrogens is 1. The van der Waals surface area contributed by atoms with Gasteiger partial charge in [-0.2, -0.15) is 0 Å². The molecule has 0 bridgehead atoms. The molecular weight excluding hydrogens is 423 g/mol. The molecule has 1 aromatic heterocycles. The number of piperidine rings is 1. The van der Waals surface area contributed by atoms with E-state index in [1.165, 1.54) is 18.3 Å². The van der Waals surface area contributed by atoms with Crippen molar-refractivity contribution >= 4 is 57.5 Å². The zero-order valence-electron chi connectivity index (χ0n) is 15.4. The summed E-state index contributed by atoms with van der Waals surface area (Å²) in [6.45, 7) is 4.62. The van der Waals surface area contributed by atoms with Crippen LogP contribution in [-0.2, 0) is 4.79 Å². The lowest BCUT2D eigenvalue weighted by molar-refractivity contribution is -0.114. The van der Waals surface area contributed by atoms with E-state index in [9.17, 15) is 9.59 Å². The van der Waals surface area contributed by atoms with Gasteiger partial charge in [0.2, 0.25) is 5.91 Å². The molecule has 0 spiro atoms. The number of carbonyl (C=O) groups excluding carboxylic acids is 1. The molecule has 28 heavy (non-hydrogen) atoms. The van der Waals surface area contributed by atoms with Gasteiger partial charge in [-0.3, -0.25) is 4.79 Å². The van der Waals surface area contributed by atoms with Crippen LogP contribution in [0.4, 0.5) is 15.7 Å². The average molecular weight is 443 g/mol. The predicted octanol–water partition coefficient (Wildman–Crippen LogP) is 4.70. The minimum Gasteiger partial charge on any atom is -0.465 e. The molecule has 0 radical (unpaired) electrons. The maximum Gasteiger partial charge on any atom is 0.405 e. The molecule has 3 N–H and O–H groups in total. The van der Waals surface area contributed by atoms with Crippen LogP contribution in [0, 0.1) is 0 Å². The Morgan fingerprint density at radius 2 is 1.96 bits per heavy atom. The van der Waals surface area contributed by atoms with Crippen LogP contribution in [0.25, 0.3) is 10.4 Å². The van der Waals surface area contributed by atoms with Gasteiger partial charge in [0.1, 0.15) is 0 Å². The first-order valence-electron chi connectivity index (χ1n) is 8.67. The minimum absolute atomic E-state index is 0.229. The number of amides is 2. The third kappa shape index (κ3) is 4.51. The Kier molecular flexibility index (Phi) is 6.02. The molecule has 0 atom stereocenters. The Bertz CT molecular complexity index is 910. The molecular formula is C18H20Cl2N4O3S. The Hall–Kier alpha value is -2.03. The van der Waals surface area contributed by atoms with Crippen LogP contribution in [0.5, 0.6) is 0 Å². The summed E-state index contributed by atoms with van der Waals surface area (Å²) in [5.74, 6) is 0.210. The molecule has 2 aromatic rings. The molecule has 7 nitrogen and oxygen atoms in total. The van der Waals surface area contributed by atoms with Crippen LogP contribution in [0.1, 0.15) is 26.7 Å². The molecule has 2 heterocycles. The molecule has 0 aliphatic carbocycles. The maximum atomic E-state index is 11.6. The van der Waals surface area contributed by atoms with Crippen molar-refractivity contribution in [3.8, 4) is 10.4 Å². The van der Waals surface area contributed by atoms with Crippen LogP contribution in [0.3, 0.4) is 0 Å². The van der Waals surface area contributed by atoms with Crippen LogP contribution in [0.15, 0.2) is 18.2 Å². The number of benzene rings is 1. The lowest BCUT2D eigenvalue weighted by Gasteiger charge is -2.39. The van der Waals surface area contributed by atoms with E-state index < -0.39 is 11.6 Å². The van der Waals surface area contributed by atoms with E-state index in [-0.39, 0.29) is 5.91 Å². The number of anilines is 2. The summed E-state index contributed by atoms with van der Waals surface area (Å²) < 4.78 is 0. The summed E-state index contributed by atoms with van der Waals surface area (Å²) in [7, 11) is 0. The minimum atomic E-state index is -1.02. The summed E-state index contributed by atoms with van der Waals surface area (Å²) in [6.07, 6.45) is 0.291. The number of nitrogens with one attached hydrogen (secondary N) is 2. The standard InChI is InChI=1S/C18H20Cl2N4O3S/c1-10(25)21-15-14(11-4-3-5-12(19)13(11)20)28-16(22-15)24-8-6-18(2,7-9-24)23-17(26)27/h3-5,23H,6-9H2,1-2H3,(H,21,25)(H,26,27). The summed E-state index contributed by atoms with van der Waals surface area (Å²) in [4.78, 5) is 30.1. The summed E-state index contributed by atoms with van der Waals surface area (Å²) in [6, 6.07) is 5.33. The van der Waals surface area contributed by atoms with Crippen molar-refractivity contribution in [1.29, 1.82) is 0 Å². The van der Waals surface area contributed by atoms with Crippen molar-refractivity contribution in [2.45, 2.75) is 32.2 Å². The number of thiazole rings is 1. The summed E-state index contributed by atoms with van der Waals surface area (Å²) in [5.41, 5.74) is 0.246. The Morgan fingerprint density at radius 3 is 2.57 bits per heavy atom. The normalized spacial score (nSPS) is 15.9. The maximum absolute atomic E-state index is 11.6. The Balaban J connectivity index is 1.89. The first-order valence-corrected chi connectivity index (χ1v) is 10.2. The summed E-state index contributed by atoms with van der Waals surface area (Å²) in [5, 5.41) is 15.9. The van der Waals surface area contributed by atoms with Crippen LogP contribution < -0.4 is 15.5 Å². The number of rotatable bonds is 4. The van der Waals surface area contributed by atoms with Gasteiger partial charge in [0, 0.05) is 31.1 Å². The van der Waals surface area contributed by atoms with Gasteiger partial charge in [-0.15, -0.1) is 0 Å². The number of hydrogen-bond donors (Lipinski definition) is 3. The van der Waals surface area contributed by atoms with Crippen LogP contribution in [0.2, 0.25) is 10.0 Å². The molecule has 1 fully saturated rings. The Labute approximate surface area is 176 Å². The SMILES string of the molecule is CC(=O)Nc1nc(N2CCC(C)(NC(=O)O)CC2)sc1-c1cccc(Cl)c1Cl. The van der Waals surface area contributed by atoms with Gasteiger partial charge in [-0.25, -0.2) is 9.78 Å². The zero-order valence-corrected chi connectivity index (χ0v) is 17.7. The second-order valence-corrected chi connectivity index (χ2v) is 8.70. The number of nitrogens with zero attached hydrogens (tertiary/aromatic N) is 2. The second kappa shape index (κ2) is 8.14. The van der Waals surface area contributed by atoms with Crippen molar-refractivity contribution in [2.75, 3.05) is 23.3 Å². The van der Waals surface area contributed by atoms with Crippen molar-refractivity contribution in [3.63, 3.8) is 0 Å². The molecule has 1 aromatic carbocycles. The summed E-state index contributed by atoms with van der Waals surface area (Å²) >= 11 is 13.9. The molecule has 1 aliphatic heterocycles. The molecule has 10 heteroatoms. The van der Waals surface area contributed by atoms with E-state index in [1.54, 1.807) is 12.1 Å². The second-order valence-electron chi connectivity index (χ2n) is 6.93. The van der Waals surface area contributed by atoms with Crippen molar-refractivity contribution in [3.05, 3.63) is 28.2 Å². The smallest absolute Gasteiger partial charge is 0.405 e. The van der Waals surface area contributed by atoms with E-state index >= 15 is 0 Å². The third-order valence-electron chi connectivity index (χ3n) is 4.65. The molecule has 0 saturated carbocycles. The fraction of sp³-hybridized carbons (Fsp3) is 0.389. The van der Waals surface area contributed by atoms with Gasteiger partial charge in [0.15, 0.2) is 10.9 Å². The molecule has 3 rings (SSSR count). The molecule has 150 valence electrons. The van der Waals surface area contributed by atoms with Gasteiger partial charge in [-0.05, 0) is 25.8 Å². The topological polar surface area (TPSA) is 94.6 Å². The third-order valence-corrected chi connectivity index (χ3v) is 6.62. The fourth-order valence-electron chi connectivity index (χ4n) is 3.13. The van der Waals surface area contributed by atoms with E-state index in [2.05, 4.69) is 20.5 Å². The lowest BCUT2D eigenvalue weighted by Crippen LogP contribution is -2.53. The number of carbonyl (C=O) groups is 2. The highest BCUT2D eigenvalue weighted by Gasteiger charge is 2.33. The van der Waals surface area contributed by atoms with E-state index in [1.807, 2.05) is 13.0 Å². The van der Waals surface area contributed by atoms with Crippen molar-refractivity contribution < 1.29 is 14.7 Å². The van der Waals surface area contributed by atoms with Crippen molar-refractivity contribution in [2.24, 2.45) is 0 Å². The van der Waals surface area contributed by atoms with E-state index in [4.69, 9.17) is 28.3 Å². The van der Waals surface area contributed by atoms with Crippen LogP contribution in [-0.4, -0.2) is 40.7 Å². The van der Waals surface area contributed by atoms with E-state index in [0.29, 0.717) is 47.4 Å². The highest BCUT2D eigenvalue weighted by Crippen LogP contribution is 2.43. The van der Waals surface area contributed by atoms with Gasteiger partial charge in [0.25, 0.3) is 0 Å². The molecule has 1 saturated heterocycles. The first-order chi connectivity index (χ1) is 13.2. The monoisotopic (exact) mass is 442 g/mol. The highest BCUT2D eigenvalue weighted by molar-refractivity contribution is 7.19. The average Bonchev–Trinajstić information content (AvgIpc) is 2.99. The molecule has 0 unspecified atom stereocenters. The number of carboxylic acid groups (broad SMARTS) is 1. The van der Waals surface area contributed by atoms with Crippen molar-refractivity contribution in [1.82, 2.24) is 10.3 Å². The number of halogens is 2. The number of hydrogen-bond acceptors (Lipinski definition) is 5. The first kappa shape index (κ1) is 20.7. The highest BCUT2D eigenvalue weighted by atomic mass is 35.5. The fourth-order valence-corrected chi connectivity index (χ4v) is 4.69. The predicted molar refractivity (Wildman–Crippen MR) is 113 cm³/mol. The molecule has 1 aliphatic rings. The lowest BCUT2D eigenvalue weighted by atomic mass is 9.90. The van der Waals surface area contributed by atoms with Crippen LogP contribution >= 0.6 is 34.5 Å². The Morgan fingerprint density at radius 1 is 1.29 bits per heavy atom. The largest absolute Gasteiger partial charge is 0.465 e. The molecule has 2 amide bonds. The van der Waals surface area contributed by atoms with E-state index in [0.717, 1.165) is 10.0 Å².